The van der Waals surface area contributed by atoms with Crippen molar-refractivity contribution in [1.29, 1.82) is 0 Å². The molecule has 1 atom stereocenters. The first-order chi connectivity index (χ1) is 12.8. The first-order valence-electron chi connectivity index (χ1n) is 8.11. The van der Waals surface area contributed by atoms with Crippen LogP contribution in [0.25, 0.3) is 10.9 Å². The van der Waals surface area contributed by atoms with Crippen LogP contribution in [0.3, 0.4) is 0 Å². The Labute approximate surface area is 165 Å². The number of hydrogen-bond donors (Lipinski definition) is 3. The molecule has 3 rings (SSSR count). The third-order valence-corrected chi connectivity index (χ3v) is 5.27. The summed E-state index contributed by atoms with van der Waals surface area (Å²) in [4.78, 5) is 23.8. The van der Waals surface area contributed by atoms with Crippen molar-refractivity contribution in [1.82, 2.24) is 9.88 Å². The normalized spacial score (nSPS) is 12.1. The predicted octanol–water partition coefficient (Wildman–Crippen LogP) is 3.61. The smallest absolute Gasteiger partial charge is 0.335 e. The van der Waals surface area contributed by atoms with Gasteiger partial charge in [-0.05, 0) is 35.9 Å². The number of aromatic carboxylic acids is 1. The number of carboxylic acids is 1. The van der Waals surface area contributed by atoms with E-state index in [1.54, 1.807) is 41.9 Å². The lowest BCUT2D eigenvalue weighted by Crippen LogP contribution is -2.34. The zero-order valence-corrected chi connectivity index (χ0v) is 15.9. The highest BCUT2D eigenvalue weighted by atomic mass is 35.5. The van der Waals surface area contributed by atoms with Crippen molar-refractivity contribution in [3.63, 3.8) is 0 Å². The Kier molecular flexibility index (Phi) is 5.41. The van der Waals surface area contributed by atoms with E-state index < -0.39 is 12.0 Å². The van der Waals surface area contributed by atoms with Crippen molar-refractivity contribution in [2.24, 2.45) is 12.8 Å². The molecule has 4 N–H and O–H groups in total. The maximum Gasteiger partial charge on any atom is 0.335 e. The molecule has 1 aromatic heterocycles. The van der Waals surface area contributed by atoms with Gasteiger partial charge in [0.2, 0.25) is 0 Å². The molecule has 0 aliphatic rings. The topological polar surface area (TPSA) is 97.4 Å². The summed E-state index contributed by atoms with van der Waals surface area (Å²) in [6, 6.07) is 10.9. The zero-order valence-electron chi connectivity index (χ0n) is 14.4. The minimum absolute atomic E-state index is 0.161. The summed E-state index contributed by atoms with van der Waals surface area (Å²) in [5, 5.41) is 13.4. The Morgan fingerprint density at radius 1 is 1.19 bits per heavy atom. The summed E-state index contributed by atoms with van der Waals surface area (Å²) in [6.45, 7) is 0.161. The van der Waals surface area contributed by atoms with Crippen LogP contribution in [0.5, 0.6) is 0 Å². The number of aromatic nitrogens is 1. The average Bonchev–Trinajstić information content (AvgIpc) is 3.00. The molecule has 27 heavy (non-hydrogen) atoms. The quantitative estimate of drug-likeness (QED) is 0.603. The van der Waals surface area contributed by atoms with Crippen LogP contribution in [0.1, 0.15) is 32.5 Å². The lowest BCUT2D eigenvalue weighted by atomic mass is 10.0. The number of hydrogen-bond acceptors (Lipinski definition) is 3. The summed E-state index contributed by atoms with van der Waals surface area (Å²) >= 11 is 12.3. The number of benzene rings is 2. The lowest BCUT2D eigenvalue weighted by molar-refractivity contribution is 0.0696. The molecule has 0 bridgehead atoms. The first-order valence-corrected chi connectivity index (χ1v) is 8.86. The maximum absolute atomic E-state index is 12.8. The van der Waals surface area contributed by atoms with Gasteiger partial charge < -0.3 is 20.7 Å². The van der Waals surface area contributed by atoms with E-state index in [1.165, 1.54) is 12.1 Å². The number of carbonyl (C=O) groups is 2. The molecule has 6 nitrogen and oxygen atoms in total. The molecule has 0 saturated heterocycles. The number of carbonyl (C=O) groups excluding carboxylic acids is 1. The second kappa shape index (κ2) is 7.60. The minimum Gasteiger partial charge on any atom is -0.478 e. The van der Waals surface area contributed by atoms with Crippen LogP contribution in [-0.2, 0) is 7.05 Å². The van der Waals surface area contributed by atoms with Gasteiger partial charge in [-0.25, -0.2) is 4.79 Å². The minimum atomic E-state index is -1.01. The van der Waals surface area contributed by atoms with E-state index in [-0.39, 0.29) is 18.0 Å². The Bertz CT molecular complexity index is 1030. The van der Waals surface area contributed by atoms with Gasteiger partial charge in [0, 0.05) is 24.5 Å². The van der Waals surface area contributed by atoms with Crippen molar-refractivity contribution >= 4 is 46.0 Å². The number of nitrogens with two attached hydrogens (primary N) is 1. The number of rotatable bonds is 5. The van der Waals surface area contributed by atoms with E-state index in [4.69, 9.17) is 34.0 Å². The van der Waals surface area contributed by atoms with Gasteiger partial charge in [-0.15, -0.1) is 0 Å². The third kappa shape index (κ3) is 3.64. The molecule has 1 unspecified atom stereocenters. The number of nitrogens with zero attached hydrogens (tertiary/aromatic N) is 1. The largest absolute Gasteiger partial charge is 0.478 e. The van der Waals surface area contributed by atoms with Crippen molar-refractivity contribution < 1.29 is 14.7 Å². The van der Waals surface area contributed by atoms with E-state index in [0.717, 1.165) is 11.1 Å². The third-order valence-electron chi connectivity index (χ3n) is 4.45. The fourth-order valence-corrected chi connectivity index (χ4v) is 3.31. The van der Waals surface area contributed by atoms with Crippen LogP contribution in [-0.4, -0.2) is 28.1 Å². The zero-order chi connectivity index (χ0) is 19.7. The molecule has 0 aliphatic heterocycles. The summed E-state index contributed by atoms with van der Waals surface area (Å²) in [6.07, 6.45) is 0. The van der Waals surface area contributed by atoms with E-state index in [9.17, 15) is 9.59 Å². The number of halogens is 2. The summed E-state index contributed by atoms with van der Waals surface area (Å²) in [5.74, 6) is -1.33. The molecule has 1 heterocycles. The molecule has 0 radical (unpaired) electrons. The van der Waals surface area contributed by atoms with Gasteiger partial charge in [0.05, 0.1) is 21.7 Å². The highest BCUT2D eigenvalue weighted by molar-refractivity contribution is 6.45. The van der Waals surface area contributed by atoms with Crippen LogP contribution >= 0.6 is 23.2 Å². The fraction of sp³-hybridized carbons (Fsp3) is 0.158. The molecule has 140 valence electrons. The van der Waals surface area contributed by atoms with Gasteiger partial charge in [0.25, 0.3) is 5.91 Å². The number of carboxylic acid groups (broad SMARTS) is 1. The second-order valence-electron chi connectivity index (χ2n) is 6.07. The molecular formula is C19H17Cl2N3O3. The monoisotopic (exact) mass is 405 g/mol. The fourth-order valence-electron chi connectivity index (χ4n) is 2.94. The molecule has 0 spiro atoms. The predicted molar refractivity (Wildman–Crippen MR) is 106 cm³/mol. The average molecular weight is 406 g/mol. The van der Waals surface area contributed by atoms with Gasteiger partial charge >= 0.3 is 5.97 Å². The van der Waals surface area contributed by atoms with Crippen LogP contribution in [0.15, 0.2) is 42.5 Å². The van der Waals surface area contributed by atoms with Crippen molar-refractivity contribution in [3.05, 3.63) is 69.3 Å². The van der Waals surface area contributed by atoms with E-state index >= 15 is 0 Å². The lowest BCUT2D eigenvalue weighted by Gasteiger charge is -2.18. The Morgan fingerprint density at radius 2 is 1.85 bits per heavy atom. The summed E-state index contributed by atoms with van der Waals surface area (Å²) in [7, 11) is 1.76. The SMILES string of the molecule is Cn1c(C(=O)NC(CN)c2ccc(C(=O)O)cc2)cc2c(Cl)c(Cl)ccc21. The van der Waals surface area contributed by atoms with Crippen LogP contribution in [0.2, 0.25) is 10.0 Å². The highest BCUT2D eigenvalue weighted by Gasteiger charge is 2.20. The number of fused-ring (bicyclic) bond motifs is 1. The molecule has 0 saturated carbocycles. The molecule has 2 aromatic carbocycles. The Hall–Kier alpha value is -2.54. The Morgan fingerprint density at radius 3 is 2.44 bits per heavy atom. The standard InChI is InChI=1S/C19H17Cl2N3O3/c1-24-15-7-6-13(20)17(21)12(15)8-16(24)18(25)23-14(9-22)10-2-4-11(5-3-10)19(26)27/h2-8,14H,9,22H2,1H3,(H,23,25)(H,26,27). The summed E-state index contributed by atoms with van der Waals surface area (Å²) < 4.78 is 1.73. The van der Waals surface area contributed by atoms with Gasteiger partial charge in [-0.3, -0.25) is 4.79 Å². The number of aryl methyl sites for hydroxylation is 1. The van der Waals surface area contributed by atoms with Gasteiger partial charge in [0.1, 0.15) is 5.69 Å². The van der Waals surface area contributed by atoms with Crippen LogP contribution in [0.4, 0.5) is 0 Å². The molecule has 8 heteroatoms. The van der Waals surface area contributed by atoms with Gasteiger partial charge in [0.15, 0.2) is 0 Å². The highest BCUT2D eigenvalue weighted by Crippen LogP contribution is 2.32. The first kappa shape index (κ1) is 19.2. The molecular weight excluding hydrogens is 389 g/mol. The summed E-state index contributed by atoms with van der Waals surface area (Å²) in [5.41, 5.74) is 7.89. The molecule has 1 amide bonds. The van der Waals surface area contributed by atoms with Crippen LogP contribution < -0.4 is 11.1 Å². The maximum atomic E-state index is 12.8. The van der Waals surface area contributed by atoms with Gasteiger partial charge in [-0.1, -0.05) is 35.3 Å². The molecule has 0 aliphatic carbocycles. The van der Waals surface area contributed by atoms with E-state index in [0.29, 0.717) is 21.1 Å². The van der Waals surface area contributed by atoms with Crippen molar-refractivity contribution in [3.8, 4) is 0 Å². The molecule has 3 aromatic rings. The van der Waals surface area contributed by atoms with Crippen molar-refractivity contribution in [2.75, 3.05) is 6.54 Å². The second-order valence-corrected chi connectivity index (χ2v) is 6.86. The van der Waals surface area contributed by atoms with E-state index in [2.05, 4.69) is 5.32 Å². The van der Waals surface area contributed by atoms with Gasteiger partial charge in [-0.2, -0.15) is 0 Å². The number of amides is 1. The molecule has 0 fully saturated rings. The Balaban J connectivity index is 1.89. The van der Waals surface area contributed by atoms with Crippen molar-refractivity contribution in [2.45, 2.75) is 6.04 Å². The number of nitrogens with one attached hydrogen (secondary N) is 1. The van der Waals surface area contributed by atoms with E-state index in [1.807, 2.05) is 0 Å². The van der Waals surface area contributed by atoms with Crippen LogP contribution in [0, 0.1) is 0 Å².